The Morgan fingerprint density at radius 3 is 2.61 bits per heavy atom. The van der Waals surface area contributed by atoms with Crippen LogP contribution in [-0.4, -0.2) is 42.3 Å². The molecule has 0 amide bonds. The molecule has 0 radical (unpaired) electrons. The maximum absolute atomic E-state index is 4.71. The number of likely N-dealkylation sites (tertiary alicyclic amines) is 1. The quantitative estimate of drug-likeness (QED) is 0.539. The molecule has 1 saturated heterocycles. The SMILES string of the molecule is c1cc(-c2cn3cc(Cc4cc(CN5CCCC5)ccn4)nc3cn2)ccn1. The zero-order valence-corrected chi connectivity index (χ0v) is 15.7. The number of pyridine rings is 2. The first kappa shape index (κ1) is 17.0. The average Bonchev–Trinajstić information content (AvgIpc) is 3.37. The van der Waals surface area contributed by atoms with E-state index in [1.165, 1.54) is 31.5 Å². The van der Waals surface area contributed by atoms with Gasteiger partial charge in [-0.05, 0) is 55.8 Å². The first-order valence-corrected chi connectivity index (χ1v) is 9.74. The van der Waals surface area contributed by atoms with Gasteiger partial charge < -0.3 is 4.40 Å². The first-order chi connectivity index (χ1) is 13.8. The van der Waals surface area contributed by atoms with Gasteiger partial charge in [0.1, 0.15) is 0 Å². The summed E-state index contributed by atoms with van der Waals surface area (Å²) in [5, 5.41) is 0. The van der Waals surface area contributed by atoms with E-state index in [-0.39, 0.29) is 0 Å². The molecule has 0 spiro atoms. The molecule has 4 aromatic heterocycles. The van der Waals surface area contributed by atoms with Crippen molar-refractivity contribution in [3.63, 3.8) is 0 Å². The molecule has 0 aromatic carbocycles. The van der Waals surface area contributed by atoms with Gasteiger partial charge in [0.05, 0.1) is 17.6 Å². The fraction of sp³-hybridized carbons (Fsp3) is 0.273. The number of hydrogen-bond acceptors (Lipinski definition) is 5. The van der Waals surface area contributed by atoms with Gasteiger partial charge >= 0.3 is 0 Å². The lowest BCUT2D eigenvalue weighted by molar-refractivity contribution is 0.331. The van der Waals surface area contributed by atoms with Gasteiger partial charge in [-0.2, -0.15) is 0 Å². The van der Waals surface area contributed by atoms with Crippen LogP contribution in [0.2, 0.25) is 0 Å². The Bertz CT molecular complexity index is 1080. The van der Waals surface area contributed by atoms with E-state index in [9.17, 15) is 0 Å². The van der Waals surface area contributed by atoms with Crippen molar-refractivity contribution < 1.29 is 0 Å². The highest BCUT2D eigenvalue weighted by atomic mass is 15.1. The number of imidazole rings is 1. The molecule has 0 N–H and O–H groups in total. The molecule has 1 aliphatic rings. The van der Waals surface area contributed by atoms with Crippen molar-refractivity contribution in [1.82, 2.24) is 29.2 Å². The summed E-state index contributed by atoms with van der Waals surface area (Å²) in [4.78, 5) is 20.4. The lowest BCUT2D eigenvalue weighted by Crippen LogP contribution is -2.18. The molecule has 5 heterocycles. The molecule has 6 heteroatoms. The third-order valence-corrected chi connectivity index (χ3v) is 5.22. The molecule has 0 saturated carbocycles. The Morgan fingerprint density at radius 2 is 1.75 bits per heavy atom. The summed E-state index contributed by atoms with van der Waals surface area (Å²) in [5.41, 5.74) is 6.19. The van der Waals surface area contributed by atoms with Gasteiger partial charge in [-0.15, -0.1) is 0 Å². The van der Waals surface area contributed by atoms with Crippen LogP contribution in [-0.2, 0) is 13.0 Å². The van der Waals surface area contributed by atoms with Crippen molar-refractivity contribution in [2.45, 2.75) is 25.8 Å². The third kappa shape index (κ3) is 3.64. The second-order valence-corrected chi connectivity index (χ2v) is 7.32. The molecule has 4 aromatic rings. The van der Waals surface area contributed by atoms with Gasteiger partial charge in [0.15, 0.2) is 5.65 Å². The highest BCUT2D eigenvalue weighted by molar-refractivity contribution is 5.58. The van der Waals surface area contributed by atoms with Gasteiger partial charge in [0.2, 0.25) is 0 Å². The number of nitrogens with zero attached hydrogens (tertiary/aromatic N) is 6. The van der Waals surface area contributed by atoms with Crippen LogP contribution in [0, 0.1) is 0 Å². The van der Waals surface area contributed by atoms with Gasteiger partial charge in [0, 0.05) is 55.2 Å². The summed E-state index contributed by atoms with van der Waals surface area (Å²) in [6, 6.07) is 8.25. The van der Waals surface area contributed by atoms with Crippen molar-refractivity contribution >= 4 is 5.65 Å². The molecule has 0 unspecified atom stereocenters. The number of fused-ring (bicyclic) bond motifs is 1. The maximum Gasteiger partial charge on any atom is 0.155 e. The summed E-state index contributed by atoms with van der Waals surface area (Å²) in [7, 11) is 0. The minimum atomic E-state index is 0.722. The summed E-state index contributed by atoms with van der Waals surface area (Å²) < 4.78 is 2.03. The Hall–Kier alpha value is -3.12. The van der Waals surface area contributed by atoms with Crippen molar-refractivity contribution in [2.75, 3.05) is 13.1 Å². The van der Waals surface area contributed by atoms with Crippen molar-refractivity contribution in [3.05, 3.63) is 78.4 Å². The predicted octanol–water partition coefficient (Wildman–Crippen LogP) is 3.37. The minimum absolute atomic E-state index is 0.722. The molecule has 28 heavy (non-hydrogen) atoms. The van der Waals surface area contributed by atoms with E-state index in [1.807, 2.05) is 35.1 Å². The van der Waals surface area contributed by atoms with Crippen LogP contribution in [0.4, 0.5) is 0 Å². The van der Waals surface area contributed by atoms with Crippen LogP contribution in [0.5, 0.6) is 0 Å². The molecule has 0 aliphatic carbocycles. The summed E-state index contributed by atoms with van der Waals surface area (Å²) in [5.74, 6) is 0. The van der Waals surface area contributed by atoms with Crippen LogP contribution in [0.1, 0.15) is 29.8 Å². The number of aromatic nitrogens is 5. The highest BCUT2D eigenvalue weighted by Gasteiger charge is 2.12. The van der Waals surface area contributed by atoms with Crippen LogP contribution >= 0.6 is 0 Å². The van der Waals surface area contributed by atoms with Crippen LogP contribution in [0.25, 0.3) is 16.9 Å². The lowest BCUT2D eigenvalue weighted by atomic mass is 10.1. The largest absolute Gasteiger partial charge is 0.303 e. The maximum atomic E-state index is 4.71. The normalized spacial score (nSPS) is 14.7. The molecule has 0 bridgehead atoms. The molecule has 1 fully saturated rings. The van der Waals surface area contributed by atoms with Gasteiger partial charge in [-0.1, -0.05) is 0 Å². The minimum Gasteiger partial charge on any atom is -0.303 e. The van der Waals surface area contributed by atoms with E-state index >= 15 is 0 Å². The topological polar surface area (TPSA) is 59.2 Å². The van der Waals surface area contributed by atoms with Crippen LogP contribution in [0.3, 0.4) is 0 Å². The summed E-state index contributed by atoms with van der Waals surface area (Å²) in [6.45, 7) is 3.42. The van der Waals surface area contributed by atoms with Gasteiger partial charge in [-0.3, -0.25) is 19.9 Å². The third-order valence-electron chi connectivity index (χ3n) is 5.22. The van der Waals surface area contributed by atoms with Crippen LogP contribution in [0.15, 0.2) is 61.4 Å². The Morgan fingerprint density at radius 1 is 0.893 bits per heavy atom. The van der Waals surface area contributed by atoms with E-state index in [2.05, 4.69) is 38.2 Å². The van der Waals surface area contributed by atoms with Crippen molar-refractivity contribution in [3.8, 4) is 11.3 Å². The monoisotopic (exact) mass is 370 g/mol. The zero-order valence-electron chi connectivity index (χ0n) is 15.7. The van der Waals surface area contributed by atoms with E-state index in [4.69, 9.17) is 4.98 Å². The van der Waals surface area contributed by atoms with E-state index < -0.39 is 0 Å². The molecule has 5 rings (SSSR count). The lowest BCUT2D eigenvalue weighted by Gasteiger charge is -2.14. The van der Waals surface area contributed by atoms with Gasteiger partial charge in [0.25, 0.3) is 0 Å². The van der Waals surface area contributed by atoms with Crippen molar-refractivity contribution in [1.29, 1.82) is 0 Å². The summed E-state index contributed by atoms with van der Waals surface area (Å²) in [6.07, 6.45) is 14.7. The smallest absolute Gasteiger partial charge is 0.155 e. The Balaban J connectivity index is 1.36. The second kappa shape index (κ2) is 7.48. The van der Waals surface area contributed by atoms with Crippen molar-refractivity contribution in [2.24, 2.45) is 0 Å². The first-order valence-electron chi connectivity index (χ1n) is 9.74. The zero-order chi connectivity index (χ0) is 18.8. The molecule has 6 nitrogen and oxygen atoms in total. The van der Waals surface area contributed by atoms with Gasteiger partial charge in [-0.25, -0.2) is 4.98 Å². The number of hydrogen-bond donors (Lipinski definition) is 0. The fourth-order valence-electron chi connectivity index (χ4n) is 3.82. The molecule has 0 atom stereocenters. The molecular formula is C22H22N6. The van der Waals surface area contributed by atoms with Crippen LogP contribution < -0.4 is 0 Å². The predicted molar refractivity (Wildman–Crippen MR) is 108 cm³/mol. The highest BCUT2D eigenvalue weighted by Crippen LogP contribution is 2.18. The standard InChI is InChI=1S/C22H22N6/c1-2-10-27(9-1)14-17-3-8-24-19(11-17)12-20-15-28-16-21(25-13-22(28)26-20)18-4-6-23-7-5-18/h3-8,11,13,15-16H,1-2,9-10,12,14H2. The van der Waals surface area contributed by atoms with E-state index in [0.717, 1.165) is 41.3 Å². The second-order valence-electron chi connectivity index (χ2n) is 7.32. The summed E-state index contributed by atoms with van der Waals surface area (Å²) >= 11 is 0. The molecule has 1 aliphatic heterocycles. The Labute approximate surface area is 163 Å². The fourth-order valence-corrected chi connectivity index (χ4v) is 3.82. The molecular weight excluding hydrogens is 348 g/mol. The van der Waals surface area contributed by atoms with E-state index in [1.54, 1.807) is 12.4 Å². The Kier molecular flexibility index (Phi) is 4.54. The molecule has 140 valence electrons. The number of rotatable bonds is 5. The van der Waals surface area contributed by atoms with E-state index in [0.29, 0.717) is 0 Å². The average molecular weight is 370 g/mol.